The molecule has 0 atom stereocenters. The Kier molecular flexibility index (Phi) is 4.36. The Morgan fingerprint density at radius 2 is 1.26 bits per heavy atom. The summed E-state index contributed by atoms with van der Waals surface area (Å²) in [4.78, 5) is 11.2. The summed E-state index contributed by atoms with van der Waals surface area (Å²) in [6, 6.07) is 9.85. The van der Waals surface area contributed by atoms with Gasteiger partial charge < -0.3 is 20.9 Å². The lowest BCUT2D eigenvalue weighted by atomic mass is 9.77. The summed E-state index contributed by atoms with van der Waals surface area (Å²) in [5.74, 6) is -1.92. The van der Waals surface area contributed by atoms with Crippen LogP contribution in [0.2, 0.25) is 0 Å². The number of aryl methyl sites for hydroxylation is 1. The molecule has 0 bridgehead atoms. The molecule has 0 saturated heterocycles. The number of nitrogens with two attached hydrogens (primary N) is 2. The molecule has 176 valence electrons. The van der Waals surface area contributed by atoms with Gasteiger partial charge in [-0.15, -0.1) is 0 Å². The largest absolute Gasteiger partial charge is 0.453 e. The smallest absolute Gasteiger partial charge is 0.340 e. The van der Waals surface area contributed by atoms with E-state index in [0.29, 0.717) is 0 Å². The van der Waals surface area contributed by atoms with E-state index in [0.717, 1.165) is 5.56 Å². The topological polar surface area (TPSA) is 196 Å². The van der Waals surface area contributed by atoms with Gasteiger partial charge in [0.15, 0.2) is 26.9 Å². The van der Waals surface area contributed by atoms with Gasteiger partial charge in [0.05, 0.1) is 16.9 Å². The number of hydrogen-bond donors (Lipinski definition) is 4. The molecule has 34 heavy (non-hydrogen) atoms. The second-order valence-electron chi connectivity index (χ2n) is 7.89. The molecule has 2 aliphatic rings. The number of rotatable bonds is 2. The first-order valence-electron chi connectivity index (χ1n) is 9.60. The molecule has 0 radical (unpaired) electrons. The van der Waals surface area contributed by atoms with Gasteiger partial charge >= 0.3 is 5.97 Å². The van der Waals surface area contributed by atoms with Crippen LogP contribution in [0.5, 0.6) is 11.5 Å². The van der Waals surface area contributed by atoms with E-state index >= 15 is 0 Å². The van der Waals surface area contributed by atoms with Crippen LogP contribution in [-0.4, -0.2) is 31.9 Å². The summed E-state index contributed by atoms with van der Waals surface area (Å²) in [7, 11) is -10.0. The predicted molar refractivity (Wildman–Crippen MR) is 118 cm³/mol. The molecule has 0 aromatic heterocycles. The monoisotopic (exact) mass is 504 g/mol. The van der Waals surface area contributed by atoms with Crippen LogP contribution in [-0.2, 0) is 30.6 Å². The minimum Gasteiger partial charge on any atom is -0.453 e. The van der Waals surface area contributed by atoms with Crippen LogP contribution >= 0.6 is 0 Å². The van der Waals surface area contributed by atoms with E-state index in [9.17, 15) is 30.7 Å². The molecule has 11 nitrogen and oxygen atoms in total. The number of carbonyl (C=O) groups is 1. The third-order valence-corrected chi connectivity index (χ3v) is 7.66. The van der Waals surface area contributed by atoms with E-state index in [4.69, 9.17) is 20.9 Å². The number of carbonyl (C=O) groups excluding carboxylic acids is 1. The number of hydrogen-bond acceptors (Lipinski definition) is 9. The lowest BCUT2D eigenvalue weighted by Gasteiger charge is -2.37. The Balaban J connectivity index is 2.03. The highest BCUT2D eigenvalue weighted by Crippen LogP contribution is 2.59. The van der Waals surface area contributed by atoms with E-state index in [-0.39, 0.29) is 22.3 Å². The summed E-state index contributed by atoms with van der Waals surface area (Å²) >= 11 is 0. The van der Waals surface area contributed by atoms with Crippen molar-refractivity contribution in [2.75, 3.05) is 11.5 Å². The lowest BCUT2D eigenvalue weighted by molar-refractivity contribution is 0.0221. The highest BCUT2D eigenvalue weighted by atomic mass is 32.2. The fraction of sp³-hybridized carbons (Fsp3) is 0.0952. The minimum absolute atomic E-state index is 0.0381. The maximum Gasteiger partial charge on any atom is 0.340 e. The van der Waals surface area contributed by atoms with Crippen molar-refractivity contribution in [2.45, 2.75) is 22.3 Å². The van der Waals surface area contributed by atoms with Gasteiger partial charge in [0.25, 0.3) is 20.2 Å². The molecule has 2 aliphatic heterocycles. The Bertz CT molecular complexity index is 1570. The van der Waals surface area contributed by atoms with Gasteiger partial charge in [-0.2, -0.15) is 16.8 Å². The van der Waals surface area contributed by atoms with Gasteiger partial charge in [-0.05, 0) is 37.3 Å². The first-order chi connectivity index (χ1) is 15.8. The van der Waals surface area contributed by atoms with Crippen LogP contribution < -0.4 is 16.2 Å². The molecule has 3 aromatic rings. The standard InChI is InChI=1S/C21H16N2O9S2/c1-9-2-3-11-10(8-9)20(24)32-21(11)12-4-6-14(22)18(33(25,26)27)16(12)31-17-13(21)5-7-15(23)19(17)34(28,29)30/h2-8H,22-23H2,1H3,(H,25,26,27)(H,28,29,30). The zero-order chi connectivity index (χ0) is 24.8. The van der Waals surface area contributed by atoms with Gasteiger partial charge in [-0.25, -0.2) is 4.79 Å². The molecule has 0 unspecified atom stereocenters. The maximum absolute atomic E-state index is 13.0. The van der Waals surface area contributed by atoms with Crippen LogP contribution in [0.1, 0.15) is 32.6 Å². The molecule has 0 fully saturated rings. The average molecular weight is 504 g/mol. The number of ether oxygens (including phenoxy) is 2. The molecule has 1 spiro atoms. The zero-order valence-corrected chi connectivity index (χ0v) is 18.9. The normalized spacial score (nSPS) is 15.8. The summed E-state index contributed by atoms with van der Waals surface area (Å²) in [5.41, 5.74) is 9.96. The molecule has 6 N–H and O–H groups in total. The molecular formula is C21H16N2O9S2. The molecule has 13 heteroatoms. The van der Waals surface area contributed by atoms with Crippen LogP contribution in [0.15, 0.2) is 52.3 Å². The van der Waals surface area contributed by atoms with Crippen LogP contribution in [0.3, 0.4) is 0 Å². The van der Waals surface area contributed by atoms with Gasteiger partial charge in [-0.3, -0.25) is 9.11 Å². The minimum atomic E-state index is -5.01. The van der Waals surface area contributed by atoms with Crippen LogP contribution in [0, 0.1) is 6.92 Å². The number of benzene rings is 3. The molecule has 0 amide bonds. The second kappa shape index (κ2) is 6.70. The lowest BCUT2D eigenvalue weighted by Crippen LogP contribution is -2.34. The third-order valence-electron chi connectivity index (χ3n) is 5.78. The van der Waals surface area contributed by atoms with Crippen LogP contribution in [0.25, 0.3) is 0 Å². The first kappa shape index (κ1) is 22.2. The van der Waals surface area contributed by atoms with Crippen molar-refractivity contribution >= 4 is 37.6 Å². The quantitative estimate of drug-likeness (QED) is 0.227. The Hall–Kier alpha value is -3.65. The van der Waals surface area contributed by atoms with Crippen molar-refractivity contribution in [3.8, 4) is 11.5 Å². The fourth-order valence-electron chi connectivity index (χ4n) is 4.48. The molecular weight excluding hydrogens is 488 g/mol. The zero-order valence-electron chi connectivity index (χ0n) is 17.3. The fourth-order valence-corrected chi connectivity index (χ4v) is 5.98. The van der Waals surface area contributed by atoms with E-state index in [1.54, 1.807) is 25.1 Å². The molecule has 3 aromatic carbocycles. The highest BCUT2D eigenvalue weighted by molar-refractivity contribution is 7.86. The molecule has 0 saturated carbocycles. The van der Waals surface area contributed by atoms with E-state index in [2.05, 4.69) is 0 Å². The summed E-state index contributed by atoms with van der Waals surface area (Å²) in [6.07, 6.45) is 0. The Morgan fingerprint density at radius 3 is 1.74 bits per heavy atom. The number of fused-ring (bicyclic) bond motifs is 6. The molecule has 5 rings (SSSR count). The van der Waals surface area contributed by atoms with E-state index < -0.39 is 64.5 Å². The van der Waals surface area contributed by atoms with Crippen LogP contribution in [0.4, 0.5) is 11.4 Å². The van der Waals surface area contributed by atoms with Crippen molar-refractivity contribution < 1.29 is 40.2 Å². The number of anilines is 2. The first-order valence-corrected chi connectivity index (χ1v) is 12.5. The summed E-state index contributed by atoms with van der Waals surface area (Å²) in [5, 5.41) is 0. The van der Waals surface area contributed by atoms with E-state index in [1.807, 2.05) is 0 Å². The van der Waals surface area contributed by atoms with Crippen molar-refractivity contribution in [3.05, 3.63) is 70.3 Å². The maximum atomic E-state index is 13.0. The average Bonchev–Trinajstić information content (AvgIpc) is 2.98. The summed E-state index contributed by atoms with van der Waals surface area (Å²) < 4.78 is 80.2. The van der Waals surface area contributed by atoms with Gasteiger partial charge in [-0.1, -0.05) is 17.7 Å². The van der Waals surface area contributed by atoms with E-state index in [1.165, 1.54) is 24.3 Å². The Morgan fingerprint density at radius 1 is 0.794 bits per heavy atom. The highest BCUT2D eigenvalue weighted by Gasteiger charge is 2.55. The van der Waals surface area contributed by atoms with Gasteiger partial charge in [0.1, 0.15) is 0 Å². The number of nitrogen functional groups attached to an aromatic ring is 2. The number of esters is 1. The van der Waals surface area contributed by atoms with Crippen molar-refractivity contribution in [1.82, 2.24) is 0 Å². The molecule has 0 aliphatic carbocycles. The van der Waals surface area contributed by atoms with Gasteiger partial charge in [0, 0.05) is 16.7 Å². The Labute approximate surface area is 193 Å². The van der Waals surface area contributed by atoms with Crippen molar-refractivity contribution in [1.29, 1.82) is 0 Å². The third kappa shape index (κ3) is 2.84. The summed E-state index contributed by atoms with van der Waals surface area (Å²) in [6.45, 7) is 1.75. The van der Waals surface area contributed by atoms with Crippen molar-refractivity contribution in [2.24, 2.45) is 0 Å². The molecule has 2 heterocycles. The second-order valence-corrected chi connectivity index (χ2v) is 10.6. The SMILES string of the molecule is Cc1ccc2c(c1)C(=O)OC21c2ccc(N)c(S(=O)(=O)O)c2Oc2c1ccc(N)c2S(=O)(=O)O. The predicted octanol–water partition coefficient (Wildman–Crippen LogP) is 2.22. The van der Waals surface area contributed by atoms with Gasteiger partial charge in [0.2, 0.25) is 0 Å². The van der Waals surface area contributed by atoms with Crippen molar-refractivity contribution in [3.63, 3.8) is 0 Å².